The molecule has 48 heavy (non-hydrogen) atoms. The van der Waals surface area contributed by atoms with E-state index in [-0.39, 0.29) is 50.4 Å². The zero-order valence-corrected chi connectivity index (χ0v) is 26.9. The SMILES string of the molecule is N=C(N)NCCC[C@H](NC(=O)[C@@H](Cc1ccccc1)NC(=O)[C@H](Cc1c[nH]cn1)NC(=O)[C@H](CCC(=O)O)NC(=O)[C@@H](N)CS)C(=O)O. The van der Waals surface area contributed by atoms with Gasteiger partial charge in [-0.15, -0.1) is 0 Å². The van der Waals surface area contributed by atoms with Crippen molar-refractivity contribution in [2.75, 3.05) is 12.3 Å². The number of carboxylic acid groups (broad SMARTS) is 2. The van der Waals surface area contributed by atoms with E-state index in [0.29, 0.717) is 11.3 Å². The highest BCUT2D eigenvalue weighted by Gasteiger charge is 2.32. The molecule has 18 nitrogen and oxygen atoms in total. The van der Waals surface area contributed by atoms with E-state index in [2.05, 4.69) is 49.2 Å². The van der Waals surface area contributed by atoms with E-state index in [1.54, 1.807) is 30.3 Å². The molecule has 1 aromatic heterocycles. The number of aromatic amines is 1. The molecule has 0 saturated carbocycles. The van der Waals surface area contributed by atoms with Crippen LogP contribution in [0, 0.1) is 5.41 Å². The smallest absolute Gasteiger partial charge is 0.326 e. The molecule has 5 atom stereocenters. The topological polar surface area (TPSA) is 308 Å². The Kier molecular flexibility index (Phi) is 16.4. The van der Waals surface area contributed by atoms with Gasteiger partial charge < -0.3 is 53.2 Å². The molecule has 13 N–H and O–H groups in total. The minimum absolute atomic E-state index is 0.00841. The van der Waals surface area contributed by atoms with Gasteiger partial charge in [-0.1, -0.05) is 30.3 Å². The molecule has 0 fully saturated rings. The molecule has 4 amide bonds. The number of benzene rings is 1. The fraction of sp³-hybridized carbons (Fsp3) is 0.448. The molecule has 0 spiro atoms. The van der Waals surface area contributed by atoms with E-state index >= 15 is 0 Å². The van der Waals surface area contributed by atoms with E-state index in [1.807, 2.05) is 0 Å². The quantitative estimate of drug-likeness (QED) is 0.0283. The van der Waals surface area contributed by atoms with Crippen LogP contribution in [0.2, 0.25) is 0 Å². The molecule has 0 saturated heterocycles. The lowest BCUT2D eigenvalue weighted by atomic mass is 10.0. The molecule has 0 radical (unpaired) electrons. The van der Waals surface area contributed by atoms with Crippen LogP contribution in [-0.2, 0) is 41.6 Å². The number of guanidine groups is 1. The van der Waals surface area contributed by atoms with Gasteiger partial charge in [0.2, 0.25) is 23.6 Å². The molecular formula is C29H42N10O8S. The molecule has 19 heteroatoms. The lowest BCUT2D eigenvalue weighted by Crippen LogP contribution is -2.59. The second-order valence-corrected chi connectivity index (χ2v) is 11.1. The summed E-state index contributed by atoms with van der Waals surface area (Å²) in [6.07, 6.45) is 2.06. The van der Waals surface area contributed by atoms with E-state index in [0.717, 1.165) is 0 Å². The van der Waals surface area contributed by atoms with Crippen molar-refractivity contribution >= 4 is 54.2 Å². The molecule has 1 heterocycles. The summed E-state index contributed by atoms with van der Waals surface area (Å²) in [6.45, 7) is 0.197. The average molecular weight is 691 g/mol. The minimum Gasteiger partial charge on any atom is -0.481 e. The molecule has 262 valence electrons. The number of nitrogens with one attached hydrogen (secondary N) is 7. The molecule has 0 unspecified atom stereocenters. The fourth-order valence-corrected chi connectivity index (χ4v) is 4.55. The van der Waals surface area contributed by atoms with Crippen LogP contribution in [0.15, 0.2) is 42.9 Å². The maximum atomic E-state index is 13.8. The maximum absolute atomic E-state index is 13.8. The van der Waals surface area contributed by atoms with Crippen molar-refractivity contribution in [1.82, 2.24) is 36.6 Å². The van der Waals surface area contributed by atoms with E-state index in [1.165, 1.54) is 12.5 Å². The number of thiol groups is 1. The van der Waals surface area contributed by atoms with Gasteiger partial charge >= 0.3 is 11.9 Å². The van der Waals surface area contributed by atoms with Crippen LogP contribution in [-0.4, -0.2) is 104 Å². The first-order chi connectivity index (χ1) is 22.8. The first kappa shape index (κ1) is 39.0. The van der Waals surface area contributed by atoms with Crippen molar-refractivity contribution in [1.29, 1.82) is 5.41 Å². The predicted octanol–water partition coefficient (Wildman–Crippen LogP) is -2.40. The number of hydrogen-bond donors (Lipinski definition) is 12. The average Bonchev–Trinajstić information content (AvgIpc) is 3.56. The van der Waals surface area contributed by atoms with Crippen molar-refractivity contribution in [3.8, 4) is 0 Å². The zero-order valence-electron chi connectivity index (χ0n) is 26.0. The van der Waals surface area contributed by atoms with E-state index in [4.69, 9.17) is 16.9 Å². The number of aromatic nitrogens is 2. The number of H-pyrrole nitrogens is 1. The summed E-state index contributed by atoms with van der Waals surface area (Å²) >= 11 is 3.97. The largest absolute Gasteiger partial charge is 0.481 e. The van der Waals surface area contributed by atoms with E-state index in [9.17, 15) is 39.0 Å². The van der Waals surface area contributed by atoms with Gasteiger partial charge in [-0.25, -0.2) is 9.78 Å². The van der Waals surface area contributed by atoms with Crippen molar-refractivity contribution in [3.05, 3.63) is 54.1 Å². The Bertz CT molecular complexity index is 1400. The summed E-state index contributed by atoms with van der Waals surface area (Å²) < 4.78 is 0. The number of imidazole rings is 1. The number of nitrogens with two attached hydrogens (primary N) is 2. The molecular weight excluding hydrogens is 648 g/mol. The Hall–Kier alpha value is -5.17. The summed E-state index contributed by atoms with van der Waals surface area (Å²) in [7, 11) is 0. The van der Waals surface area contributed by atoms with Gasteiger partial charge in [0.1, 0.15) is 24.2 Å². The van der Waals surface area contributed by atoms with Crippen molar-refractivity contribution in [2.45, 2.75) is 68.7 Å². The molecule has 0 bridgehead atoms. The lowest BCUT2D eigenvalue weighted by Gasteiger charge is -2.26. The predicted molar refractivity (Wildman–Crippen MR) is 176 cm³/mol. The number of rotatable bonds is 21. The zero-order chi connectivity index (χ0) is 35.6. The Morgan fingerprint density at radius 2 is 1.44 bits per heavy atom. The van der Waals surface area contributed by atoms with Crippen LogP contribution in [0.25, 0.3) is 0 Å². The van der Waals surface area contributed by atoms with Crippen LogP contribution in [0.1, 0.15) is 36.9 Å². The third-order valence-electron chi connectivity index (χ3n) is 6.93. The Labute approximate surface area is 281 Å². The third kappa shape index (κ3) is 14.1. The van der Waals surface area contributed by atoms with Gasteiger partial charge in [-0.2, -0.15) is 12.6 Å². The van der Waals surface area contributed by atoms with E-state index < -0.39 is 72.2 Å². The van der Waals surface area contributed by atoms with Crippen LogP contribution in [0.5, 0.6) is 0 Å². The standard InChI is InChI=1S/C29H42N10O8S/c30-18(14-48)24(42)36-19(8-9-23(40)41)25(43)39-22(12-17-13-33-15-35-17)27(45)38-21(11-16-5-2-1-3-6-16)26(44)37-20(28(46)47)7-4-10-34-29(31)32/h1-3,5-6,13,15,18-22,48H,4,7-12,14,30H2,(H,33,35)(H,36,42)(H,37,44)(H,38,45)(H,39,43)(H,40,41)(H,46,47)(H4,31,32,34)/t18-,19-,20-,21+,22-/m0/s1. The maximum Gasteiger partial charge on any atom is 0.326 e. The fourth-order valence-electron chi connectivity index (χ4n) is 4.38. The van der Waals surface area contributed by atoms with Gasteiger partial charge in [0.25, 0.3) is 0 Å². The number of carboxylic acids is 2. The normalized spacial score (nSPS) is 13.9. The summed E-state index contributed by atoms with van der Waals surface area (Å²) in [5, 5.41) is 38.6. The molecule has 0 aliphatic carbocycles. The van der Waals surface area contributed by atoms with Gasteiger partial charge in [0.15, 0.2) is 5.96 Å². The molecule has 2 aromatic rings. The molecule has 1 aromatic carbocycles. The van der Waals surface area contributed by atoms with Crippen molar-refractivity contribution < 1.29 is 39.0 Å². The number of nitrogens with zero attached hydrogens (tertiary/aromatic N) is 1. The van der Waals surface area contributed by atoms with Crippen molar-refractivity contribution in [3.63, 3.8) is 0 Å². The Morgan fingerprint density at radius 3 is 1.98 bits per heavy atom. The van der Waals surface area contributed by atoms with Crippen LogP contribution in [0.3, 0.4) is 0 Å². The number of carbonyl (C=O) groups excluding carboxylic acids is 4. The third-order valence-corrected chi connectivity index (χ3v) is 7.32. The highest BCUT2D eigenvalue weighted by molar-refractivity contribution is 7.80. The highest BCUT2D eigenvalue weighted by atomic mass is 32.1. The number of carbonyl (C=O) groups is 6. The summed E-state index contributed by atoms with van der Waals surface area (Å²) in [5.41, 5.74) is 11.9. The van der Waals surface area contributed by atoms with Gasteiger partial charge in [-0.3, -0.25) is 29.4 Å². The van der Waals surface area contributed by atoms with Gasteiger partial charge in [0.05, 0.1) is 18.1 Å². The lowest BCUT2D eigenvalue weighted by molar-refractivity contribution is -0.142. The van der Waals surface area contributed by atoms with Crippen LogP contribution < -0.4 is 38.1 Å². The molecule has 2 rings (SSSR count). The summed E-state index contributed by atoms with van der Waals surface area (Å²) in [6, 6.07) is 2.15. The second kappa shape index (κ2) is 20.1. The second-order valence-electron chi connectivity index (χ2n) is 10.7. The molecule has 0 aliphatic rings. The van der Waals surface area contributed by atoms with Crippen LogP contribution in [0.4, 0.5) is 0 Å². The number of aliphatic carboxylic acids is 2. The summed E-state index contributed by atoms with van der Waals surface area (Å²) in [5.74, 6) is -6.17. The van der Waals surface area contributed by atoms with Crippen LogP contribution >= 0.6 is 12.6 Å². The minimum atomic E-state index is -1.38. The van der Waals surface area contributed by atoms with Gasteiger partial charge in [-0.05, 0) is 24.8 Å². The highest BCUT2D eigenvalue weighted by Crippen LogP contribution is 2.08. The summed E-state index contributed by atoms with van der Waals surface area (Å²) in [4.78, 5) is 83.1. The number of amides is 4. The van der Waals surface area contributed by atoms with Gasteiger partial charge in [0, 0.05) is 37.8 Å². The Morgan fingerprint density at radius 1 is 0.854 bits per heavy atom. The van der Waals surface area contributed by atoms with Crippen molar-refractivity contribution in [2.24, 2.45) is 11.5 Å². The molecule has 0 aliphatic heterocycles. The monoisotopic (exact) mass is 690 g/mol. The number of hydrogen-bond acceptors (Lipinski definition) is 10. The first-order valence-electron chi connectivity index (χ1n) is 14.9. The first-order valence-corrected chi connectivity index (χ1v) is 15.6. The Balaban J connectivity index is 2.32.